The molecule has 0 radical (unpaired) electrons. The van der Waals surface area contributed by atoms with Gasteiger partial charge in [-0.2, -0.15) is 0 Å². The van der Waals surface area contributed by atoms with Crippen LogP contribution in [0.25, 0.3) is 10.8 Å². The molecule has 6 nitrogen and oxygen atoms in total. The first kappa shape index (κ1) is 20.0. The molecule has 2 N–H and O–H groups in total. The van der Waals surface area contributed by atoms with Crippen molar-refractivity contribution in [2.24, 2.45) is 0 Å². The summed E-state index contributed by atoms with van der Waals surface area (Å²) in [5.74, 6) is -0.523. The van der Waals surface area contributed by atoms with Gasteiger partial charge in [0.1, 0.15) is 12.1 Å². The van der Waals surface area contributed by atoms with Crippen LogP contribution >= 0.6 is 11.8 Å². The molecule has 0 aromatic heterocycles. The maximum absolute atomic E-state index is 12.8. The van der Waals surface area contributed by atoms with Crippen molar-refractivity contribution in [2.75, 3.05) is 5.75 Å². The van der Waals surface area contributed by atoms with Crippen molar-refractivity contribution in [2.45, 2.75) is 24.0 Å². The number of benzene rings is 3. The fraction of sp³-hybridized carbons (Fsp3) is 0.174. The summed E-state index contributed by atoms with van der Waals surface area (Å²) in [7, 11) is 0. The van der Waals surface area contributed by atoms with Crippen molar-refractivity contribution < 1.29 is 19.1 Å². The Morgan fingerprint density at radius 1 is 1.00 bits per heavy atom. The smallest absolute Gasteiger partial charge is 0.339 e. The van der Waals surface area contributed by atoms with E-state index in [1.807, 2.05) is 48.5 Å². The molecule has 1 atom stereocenters. The number of esters is 1. The third kappa shape index (κ3) is 4.02. The van der Waals surface area contributed by atoms with Gasteiger partial charge >= 0.3 is 12.0 Å². The molecule has 1 fully saturated rings. The maximum atomic E-state index is 12.8. The van der Waals surface area contributed by atoms with Crippen molar-refractivity contribution in [1.82, 2.24) is 10.6 Å². The van der Waals surface area contributed by atoms with Crippen molar-refractivity contribution in [3.8, 4) is 0 Å². The highest BCUT2D eigenvalue weighted by Gasteiger charge is 2.41. The number of carbonyl (C=O) groups excluding carboxylic acids is 3. The van der Waals surface area contributed by atoms with E-state index in [9.17, 15) is 14.4 Å². The molecule has 1 heterocycles. The van der Waals surface area contributed by atoms with Gasteiger partial charge < -0.3 is 10.1 Å². The number of ether oxygens (including phenoxy) is 1. The highest BCUT2D eigenvalue weighted by Crippen LogP contribution is 2.28. The molecule has 0 bridgehead atoms. The number of amides is 3. The third-order valence-electron chi connectivity index (χ3n) is 4.98. The van der Waals surface area contributed by atoms with E-state index < -0.39 is 17.5 Å². The number of imide groups is 1. The zero-order chi connectivity index (χ0) is 21.1. The van der Waals surface area contributed by atoms with Crippen LogP contribution in [0.5, 0.6) is 0 Å². The number of rotatable bonds is 6. The normalized spacial score (nSPS) is 18.2. The van der Waals surface area contributed by atoms with E-state index in [1.165, 1.54) is 11.8 Å². The molecule has 1 unspecified atom stereocenters. The zero-order valence-corrected chi connectivity index (χ0v) is 17.1. The largest absolute Gasteiger partial charge is 0.457 e. The molecule has 7 heteroatoms. The lowest BCUT2D eigenvalue weighted by atomic mass is 10.1. The lowest BCUT2D eigenvalue weighted by molar-refractivity contribution is -0.122. The van der Waals surface area contributed by atoms with Crippen LogP contribution in [0.3, 0.4) is 0 Å². The Hall–Kier alpha value is -3.32. The quantitative estimate of drug-likeness (QED) is 0.359. The van der Waals surface area contributed by atoms with Crippen molar-refractivity contribution >= 4 is 40.4 Å². The molecule has 3 amide bonds. The highest BCUT2D eigenvalue weighted by atomic mass is 32.2. The molecule has 30 heavy (non-hydrogen) atoms. The van der Waals surface area contributed by atoms with E-state index in [2.05, 4.69) is 10.6 Å². The number of carbonyl (C=O) groups is 3. The highest BCUT2D eigenvalue weighted by molar-refractivity contribution is 7.99. The molecule has 1 aliphatic rings. The number of thioether (sulfide) groups is 1. The van der Waals surface area contributed by atoms with Crippen molar-refractivity contribution in [3.05, 3.63) is 77.9 Å². The lowest BCUT2D eigenvalue weighted by Gasteiger charge is -2.20. The topological polar surface area (TPSA) is 84.5 Å². The zero-order valence-electron chi connectivity index (χ0n) is 16.3. The predicted molar refractivity (Wildman–Crippen MR) is 115 cm³/mol. The molecule has 3 aromatic rings. The molecule has 3 aromatic carbocycles. The van der Waals surface area contributed by atoms with Crippen LogP contribution in [-0.4, -0.2) is 29.2 Å². The molecule has 1 saturated heterocycles. The van der Waals surface area contributed by atoms with Crippen LogP contribution in [0.1, 0.15) is 22.8 Å². The van der Waals surface area contributed by atoms with Gasteiger partial charge in [-0.05, 0) is 35.4 Å². The van der Waals surface area contributed by atoms with Gasteiger partial charge in [-0.25, -0.2) is 9.59 Å². The summed E-state index contributed by atoms with van der Waals surface area (Å²) in [4.78, 5) is 36.9. The summed E-state index contributed by atoms with van der Waals surface area (Å²) < 4.78 is 5.60. The van der Waals surface area contributed by atoms with E-state index >= 15 is 0 Å². The molecule has 0 aliphatic carbocycles. The van der Waals surface area contributed by atoms with Crippen molar-refractivity contribution in [1.29, 1.82) is 0 Å². The number of fused-ring (bicyclic) bond motifs is 1. The second-order valence-corrected chi connectivity index (χ2v) is 8.26. The number of hydrogen-bond acceptors (Lipinski definition) is 5. The number of hydrogen-bond donors (Lipinski definition) is 2. The summed E-state index contributed by atoms with van der Waals surface area (Å²) >= 11 is 1.33. The van der Waals surface area contributed by atoms with Gasteiger partial charge in [0, 0.05) is 10.6 Å². The monoisotopic (exact) mass is 420 g/mol. The number of nitrogens with one attached hydrogen (secondary N) is 2. The van der Waals surface area contributed by atoms with Crippen LogP contribution in [0.4, 0.5) is 4.79 Å². The molecule has 0 spiro atoms. The summed E-state index contributed by atoms with van der Waals surface area (Å²) in [5.41, 5.74) is 0.336. The van der Waals surface area contributed by atoms with Crippen LogP contribution in [0.2, 0.25) is 0 Å². The molecule has 1 aliphatic heterocycles. The van der Waals surface area contributed by atoms with Crippen molar-refractivity contribution in [3.63, 3.8) is 0 Å². The minimum atomic E-state index is -1.03. The van der Waals surface area contributed by atoms with E-state index in [0.29, 0.717) is 10.5 Å². The third-order valence-corrected chi connectivity index (χ3v) is 6.37. The van der Waals surface area contributed by atoms with Crippen LogP contribution in [0.15, 0.2) is 71.6 Å². The van der Waals surface area contributed by atoms with Gasteiger partial charge in [0.05, 0.1) is 5.56 Å². The maximum Gasteiger partial charge on any atom is 0.339 e. The van der Waals surface area contributed by atoms with E-state index in [-0.39, 0.29) is 18.3 Å². The van der Waals surface area contributed by atoms with Gasteiger partial charge in [-0.1, -0.05) is 54.6 Å². The lowest BCUT2D eigenvalue weighted by Crippen LogP contribution is -2.46. The van der Waals surface area contributed by atoms with Crippen LogP contribution in [-0.2, 0) is 16.1 Å². The molecular weight excluding hydrogens is 400 g/mol. The van der Waals surface area contributed by atoms with Gasteiger partial charge in [-0.15, -0.1) is 11.8 Å². The molecular formula is C23H20N2O4S. The summed E-state index contributed by atoms with van der Waals surface area (Å²) in [6.07, 6.45) is 0. The standard InChI is InChI=1S/C23H20N2O4S/c1-23(21(27)24-22(28)25-23)14-30-19-12-5-4-11-18(19)20(26)29-13-16-9-6-8-15-7-2-3-10-17(15)16/h2-12H,13-14H2,1H3,(H2,24,25,27,28). The van der Waals surface area contributed by atoms with Crippen LogP contribution in [0, 0.1) is 0 Å². The Kier molecular flexibility index (Phi) is 5.46. The second-order valence-electron chi connectivity index (χ2n) is 7.24. The van der Waals surface area contributed by atoms with Gasteiger partial charge in [0.25, 0.3) is 5.91 Å². The Labute approximate surface area is 178 Å². The predicted octanol–water partition coefficient (Wildman–Crippen LogP) is 3.89. The molecule has 0 saturated carbocycles. The van der Waals surface area contributed by atoms with Gasteiger partial charge in [-0.3, -0.25) is 10.1 Å². The number of urea groups is 1. The Balaban J connectivity index is 1.47. The Bertz CT molecular complexity index is 1140. The molecule has 152 valence electrons. The summed E-state index contributed by atoms with van der Waals surface area (Å²) in [6.45, 7) is 1.82. The first-order valence-electron chi connectivity index (χ1n) is 9.45. The van der Waals surface area contributed by atoms with E-state index in [4.69, 9.17) is 4.74 Å². The SMILES string of the molecule is CC1(CSc2ccccc2C(=O)OCc2cccc3ccccc23)NC(=O)NC1=O. The summed E-state index contributed by atoms with van der Waals surface area (Å²) in [5, 5.41) is 7.00. The Morgan fingerprint density at radius 3 is 2.53 bits per heavy atom. The minimum Gasteiger partial charge on any atom is -0.457 e. The first-order valence-corrected chi connectivity index (χ1v) is 10.4. The van der Waals surface area contributed by atoms with E-state index in [0.717, 1.165) is 16.3 Å². The average molecular weight is 420 g/mol. The van der Waals surface area contributed by atoms with Gasteiger partial charge in [0.2, 0.25) is 0 Å². The average Bonchev–Trinajstić information content (AvgIpc) is 3.02. The fourth-order valence-corrected chi connectivity index (χ4v) is 4.43. The van der Waals surface area contributed by atoms with Crippen LogP contribution < -0.4 is 10.6 Å². The van der Waals surface area contributed by atoms with E-state index in [1.54, 1.807) is 25.1 Å². The molecule has 4 rings (SSSR count). The Morgan fingerprint density at radius 2 is 1.73 bits per heavy atom. The van der Waals surface area contributed by atoms with Gasteiger partial charge in [0.15, 0.2) is 0 Å². The minimum absolute atomic E-state index is 0.162. The first-order chi connectivity index (χ1) is 14.5. The second kappa shape index (κ2) is 8.20. The summed E-state index contributed by atoms with van der Waals surface area (Å²) in [6, 6.07) is 20.4. The fourth-order valence-electron chi connectivity index (χ4n) is 3.30.